The van der Waals surface area contributed by atoms with Crippen molar-refractivity contribution in [2.75, 3.05) is 0 Å². The van der Waals surface area contributed by atoms with Crippen LogP contribution in [0.4, 0.5) is 0 Å². The highest BCUT2D eigenvalue weighted by Crippen LogP contribution is 2.21. The van der Waals surface area contributed by atoms with Gasteiger partial charge in [-0.15, -0.1) is 0 Å². The van der Waals surface area contributed by atoms with Crippen LogP contribution in [0, 0.1) is 36.5 Å². The average Bonchev–Trinajstić information content (AvgIpc) is 2.81. The van der Waals surface area contributed by atoms with Crippen LogP contribution in [0.25, 0.3) is 22.3 Å². The number of nitrogens with zero attached hydrogens (tertiary/aromatic N) is 4. The lowest BCUT2D eigenvalue weighted by atomic mass is 10.0. The SMILES string of the molecule is Cc1[nH]c(=O)c(C#N)cc1-c1ccncc1.Cc1[nH]c(=O)c(C#N)cc1-c1ccncc1. The van der Waals surface area contributed by atoms with Gasteiger partial charge in [0, 0.05) is 47.3 Å². The molecule has 0 spiro atoms. The molecule has 4 aromatic heterocycles. The van der Waals surface area contributed by atoms with Crippen molar-refractivity contribution in [2.45, 2.75) is 13.8 Å². The van der Waals surface area contributed by atoms with Crippen molar-refractivity contribution in [3.63, 3.8) is 0 Å². The minimum atomic E-state index is -0.349. The van der Waals surface area contributed by atoms with Gasteiger partial charge in [0.25, 0.3) is 11.1 Å². The molecule has 0 aliphatic carbocycles. The molecule has 32 heavy (non-hydrogen) atoms. The number of aryl methyl sites for hydroxylation is 2. The summed E-state index contributed by atoms with van der Waals surface area (Å²) < 4.78 is 0. The molecule has 0 fully saturated rings. The Morgan fingerprint density at radius 3 is 1.34 bits per heavy atom. The van der Waals surface area contributed by atoms with Crippen molar-refractivity contribution in [3.8, 4) is 34.4 Å². The fraction of sp³-hybridized carbons (Fsp3) is 0.0833. The maximum Gasteiger partial charge on any atom is 0.266 e. The Bertz CT molecular complexity index is 1330. The zero-order valence-corrected chi connectivity index (χ0v) is 17.4. The summed E-state index contributed by atoms with van der Waals surface area (Å²) in [6, 6.07) is 14.3. The molecule has 0 saturated carbocycles. The van der Waals surface area contributed by atoms with Gasteiger partial charge in [-0.05, 0) is 61.4 Å². The van der Waals surface area contributed by atoms with Gasteiger partial charge < -0.3 is 9.97 Å². The molecule has 4 aromatic rings. The molecule has 156 valence electrons. The molecule has 0 aliphatic rings. The largest absolute Gasteiger partial charge is 0.325 e. The summed E-state index contributed by atoms with van der Waals surface area (Å²) in [6.45, 7) is 3.61. The lowest BCUT2D eigenvalue weighted by Crippen LogP contribution is -2.11. The van der Waals surface area contributed by atoms with Crippen molar-refractivity contribution >= 4 is 0 Å². The summed E-state index contributed by atoms with van der Waals surface area (Å²) in [7, 11) is 0. The molecule has 2 N–H and O–H groups in total. The van der Waals surface area contributed by atoms with Crippen LogP contribution >= 0.6 is 0 Å². The van der Waals surface area contributed by atoms with Crippen molar-refractivity contribution < 1.29 is 0 Å². The molecule has 0 unspecified atom stereocenters. The highest BCUT2D eigenvalue weighted by atomic mass is 16.1. The normalized spacial score (nSPS) is 9.75. The lowest BCUT2D eigenvalue weighted by Gasteiger charge is -2.05. The Hall–Kier alpha value is -4.82. The Balaban J connectivity index is 0.000000181. The van der Waals surface area contributed by atoms with Crippen LogP contribution < -0.4 is 11.1 Å². The highest BCUT2D eigenvalue weighted by Gasteiger charge is 2.07. The first-order valence-corrected chi connectivity index (χ1v) is 9.53. The van der Waals surface area contributed by atoms with Crippen LogP contribution in [0.5, 0.6) is 0 Å². The first-order chi connectivity index (χ1) is 15.4. The number of H-pyrrole nitrogens is 2. The first-order valence-electron chi connectivity index (χ1n) is 9.53. The van der Waals surface area contributed by atoms with Gasteiger partial charge in [0.1, 0.15) is 23.3 Å². The summed E-state index contributed by atoms with van der Waals surface area (Å²) in [6.07, 6.45) is 6.69. The highest BCUT2D eigenvalue weighted by molar-refractivity contribution is 5.67. The summed E-state index contributed by atoms with van der Waals surface area (Å²) in [5, 5.41) is 17.6. The topological polar surface area (TPSA) is 139 Å². The van der Waals surface area contributed by atoms with Gasteiger partial charge in [-0.2, -0.15) is 10.5 Å². The number of rotatable bonds is 2. The van der Waals surface area contributed by atoms with Gasteiger partial charge in [0.05, 0.1) is 0 Å². The fourth-order valence-electron chi connectivity index (χ4n) is 3.07. The van der Waals surface area contributed by atoms with Gasteiger partial charge in [-0.25, -0.2) is 0 Å². The van der Waals surface area contributed by atoms with Crippen molar-refractivity contribution in [1.29, 1.82) is 10.5 Å². The third-order valence-corrected chi connectivity index (χ3v) is 4.70. The van der Waals surface area contributed by atoms with Crippen molar-refractivity contribution in [2.24, 2.45) is 0 Å². The molecule has 0 aliphatic heterocycles. The van der Waals surface area contributed by atoms with Crippen LogP contribution in [0.15, 0.2) is 70.8 Å². The number of aromatic nitrogens is 4. The van der Waals surface area contributed by atoms with Crippen LogP contribution in [-0.2, 0) is 0 Å². The summed E-state index contributed by atoms with van der Waals surface area (Å²) >= 11 is 0. The number of pyridine rings is 4. The molecule has 4 heterocycles. The summed E-state index contributed by atoms with van der Waals surface area (Å²) in [5.74, 6) is 0. The molecule has 0 aromatic carbocycles. The van der Waals surface area contributed by atoms with Gasteiger partial charge >= 0.3 is 0 Å². The maximum atomic E-state index is 11.4. The van der Waals surface area contributed by atoms with E-state index in [1.54, 1.807) is 50.8 Å². The van der Waals surface area contributed by atoms with E-state index in [4.69, 9.17) is 10.5 Å². The van der Waals surface area contributed by atoms with Crippen LogP contribution in [0.3, 0.4) is 0 Å². The lowest BCUT2D eigenvalue weighted by molar-refractivity contribution is 1.13. The molecular formula is C24H18N6O2. The van der Waals surface area contributed by atoms with Gasteiger partial charge in [0.15, 0.2) is 0 Å². The minimum Gasteiger partial charge on any atom is -0.325 e. The van der Waals surface area contributed by atoms with E-state index in [-0.39, 0.29) is 22.2 Å². The molecular weight excluding hydrogens is 404 g/mol. The molecule has 0 bridgehead atoms. The van der Waals surface area contributed by atoms with E-state index in [1.165, 1.54) is 0 Å². The number of hydrogen-bond donors (Lipinski definition) is 2. The number of nitriles is 2. The second kappa shape index (κ2) is 9.79. The number of nitrogens with one attached hydrogen (secondary N) is 2. The van der Waals surface area contributed by atoms with Gasteiger partial charge in [-0.3, -0.25) is 19.6 Å². The molecule has 0 saturated heterocycles. The summed E-state index contributed by atoms with van der Waals surface area (Å²) in [5.41, 5.74) is 4.59. The van der Waals surface area contributed by atoms with E-state index >= 15 is 0 Å². The van der Waals surface area contributed by atoms with Crippen LogP contribution in [0.1, 0.15) is 22.5 Å². The van der Waals surface area contributed by atoms with Crippen LogP contribution in [-0.4, -0.2) is 19.9 Å². The van der Waals surface area contributed by atoms with Crippen LogP contribution in [0.2, 0.25) is 0 Å². The first kappa shape index (κ1) is 21.9. The third-order valence-electron chi connectivity index (χ3n) is 4.70. The minimum absolute atomic E-state index is 0.123. The Morgan fingerprint density at radius 2 is 1.03 bits per heavy atom. The molecule has 0 radical (unpaired) electrons. The van der Waals surface area contributed by atoms with E-state index in [1.807, 2.05) is 36.4 Å². The van der Waals surface area contributed by atoms with Gasteiger partial charge in [-0.1, -0.05) is 0 Å². The van der Waals surface area contributed by atoms with E-state index in [0.29, 0.717) is 0 Å². The van der Waals surface area contributed by atoms with E-state index in [2.05, 4.69) is 19.9 Å². The Morgan fingerprint density at radius 1 is 0.688 bits per heavy atom. The summed E-state index contributed by atoms with van der Waals surface area (Å²) in [4.78, 5) is 35.9. The second-order valence-electron chi connectivity index (χ2n) is 6.80. The zero-order valence-electron chi connectivity index (χ0n) is 17.4. The standard InChI is InChI=1S/2C12H9N3O/c2*1-8-11(9-2-4-14-5-3-9)6-10(7-13)12(16)15-8/h2*2-6H,1H3,(H,15,16). The Labute approximate surface area is 183 Å². The maximum absolute atomic E-state index is 11.4. The third kappa shape index (κ3) is 4.84. The molecule has 4 rings (SSSR count). The zero-order chi connectivity index (χ0) is 23.1. The van der Waals surface area contributed by atoms with E-state index < -0.39 is 0 Å². The van der Waals surface area contributed by atoms with E-state index in [9.17, 15) is 9.59 Å². The number of aromatic amines is 2. The molecule has 8 heteroatoms. The number of hydrogen-bond acceptors (Lipinski definition) is 6. The molecule has 0 amide bonds. The van der Waals surface area contributed by atoms with E-state index in [0.717, 1.165) is 33.6 Å². The predicted molar refractivity (Wildman–Crippen MR) is 119 cm³/mol. The Kier molecular flexibility index (Phi) is 6.69. The van der Waals surface area contributed by atoms with Crippen molar-refractivity contribution in [3.05, 3.63) is 104 Å². The second-order valence-corrected chi connectivity index (χ2v) is 6.80. The monoisotopic (exact) mass is 422 g/mol. The molecule has 0 atom stereocenters. The quantitative estimate of drug-likeness (QED) is 0.508. The van der Waals surface area contributed by atoms with Crippen molar-refractivity contribution in [1.82, 2.24) is 19.9 Å². The average molecular weight is 422 g/mol. The predicted octanol–water partition coefficient (Wildman–Crippen LogP) is 3.23. The molecule has 8 nitrogen and oxygen atoms in total. The van der Waals surface area contributed by atoms with Gasteiger partial charge in [0.2, 0.25) is 0 Å². The smallest absolute Gasteiger partial charge is 0.266 e. The fourth-order valence-corrected chi connectivity index (χ4v) is 3.07.